The van der Waals surface area contributed by atoms with E-state index in [1.165, 1.54) is 9.87 Å². The molecule has 0 aliphatic carbocycles. The summed E-state index contributed by atoms with van der Waals surface area (Å²) in [7, 11) is -3.65. The quantitative estimate of drug-likeness (QED) is 0.525. The van der Waals surface area contributed by atoms with Gasteiger partial charge in [0.15, 0.2) is 0 Å². The lowest BCUT2D eigenvalue weighted by molar-refractivity contribution is -0.124. The van der Waals surface area contributed by atoms with Gasteiger partial charge < -0.3 is 10.2 Å². The van der Waals surface area contributed by atoms with Crippen LogP contribution in [0.5, 0.6) is 0 Å². The Kier molecular flexibility index (Phi) is 8.72. The molecular formula is C26H36N4O3S. The molecule has 184 valence electrons. The number of piperazine rings is 1. The van der Waals surface area contributed by atoms with Crippen molar-refractivity contribution in [3.8, 4) is 0 Å². The summed E-state index contributed by atoms with van der Waals surface area (Å²) in [5, 5.41) is 2.98. The molecule has 0 aromatic heterocycles. The van der Waals surface area contributed by atoms with Crippen LogP contribution in [0.2, 0.25) is 0 Å². The van der Waals surface area contributed by atoms with Crippen molar-refractivity contribution in [1.29, 1.82) is 0 Å². The van der Waals surface area contributed by atoms with Crippen LogP contribution >= 0.6 is 0 Å². The molecule has 34 heavy (non-hydrogen) atoms. The van der Waals surface area contributed by atoms with Crippen LogP contribution in [0, 0.1) is 0 Å². The van der Waals surface area contributed by atoms with Crippen molar-refractivity contribution in [2.24, 2.45) is 0 Å². The summed E-state index contributed by atoms with van der Waals surface area (Å²) in [5.74, 6) is -0.175. The zero-order chi connectivity index (χ0) is 23.8. The molecule has 4 rings (SSSR count). The highest BCUT2D eigenvalue weighted by atomic mass is 32.2. The van der Waals surface area contributed by atoms with E-state index in [4.69, 9.17) is 0 Å². The van der Waals surface area contributed by atoms with Crippen molar-refractivity contribution in [2.45, 2.75) is 43.2 Å². The Labute approximate surface area is 203 Å². The lowest BCUT2D eigenvalue weighted by Gasteiger charge is -2.34. The molecule has 1 atom stereocenters. The first-order valence-corrected chi connectivity index (χ1v) is 13.8. The van der Waals surface area contributed by atoms with Gasteiger partial charge in [-0.2, -0.15) is 4.31 Å². The zero-order valence-corrected chi connectivity index (χ0v) is 20.6. The van der Waals surface area contributed by atoms with Crippen molar-refractivity contribution in [3.05, 3.63) is 66.2 Å². The highest BCUT2D eigenvalue weighted by molar-refractivity contribution is 7.89. The monoisotopic (exact) mass is 484 g/mol. The molecule has 2 aromatic carbocycles. The van der Waals surface area contributed by atoms with Gasteiger partial charge in [-0.1, -0.05) is 48.5 Å². The van der Waals surface area contributed by atoms with Crippen LogP contribution in [0.25, 0.3) is 0 Å². The van der Waals surface area contributed by atoms with E-state index in [0.717, 1.165) is 52.1 Å². The van der Waals surface area contributed by atoms with Gasteiger partial charge in [0.1, 0.15) is 6.04 Å². The Balaban J connectivity index is 1.14. The van der Waals surface area contributed by atoms with E-state index in [1.54, 1.807) is 30.3 Å². The van der Waals surface area contributed by atoms with Gasteiger partial charge in [-0.3, -0.25) is 9.69 Å². The molecule has 0 bridgehead atoms. The van der Waals surface area contributed by atoms with Crippen LogP contribution in [0.4, 0.5) is 0 Å². The number of benzene rings is 2. The Morgan fingerprint density at radius 3 is 2.21 bits per heavy atom. The highest BCUT2D eigenvalue weighted by Gasteiger charge is 2.39. The third kappa shape index (κ3) is 6.44. The summed E-state index contributed by atoms with van der Waals surface area (Å²) in [6.45, 7) is 7.35. The summed E-state index contributed by atoms with van der Waals surface area (Å²) in [6, 6.07) is 18.4. The van der Waals surface area contributed by atoms with Crippen molar-refractivity contribution >= 4 is 15.9 Å². The fourth-order valence-electron chi connectivity index (χ4n) is 4.82. The lowest BCUT2D eigenvalue weighted by Crippen LogP contribution is -2.46. The van der Waals surface area contributed by atoms with Gasteiger partial charge in [-0.05, 0) is 49.9 Å². The van der Waals surface area contributed by atoms with Crippen molar-refractivity contribution in [3.63, 3.8) is 0 Å². The Morgan fingerprint density at radius 2 is 1.50 bits per heavy atom. The van der Waals surface area contributed by atoms with Crippen LogP contribution in [0.1, 0.15) is 31.2 Å². The molecule has 0 saturated carbocycles. The molecule has 7 nitrogen and oxygen atoms in total. The molecule has 1 N–H and O–H groups in total. The molecule has 2 aliphatic rings. The number of nitrogens with one attached hydrogen (secondary N) is 1. The number of rotatable bonds is 10. The van der Waals surface area contributed by atoms with Crippen LogP contribution in [-0.4, -0.2) is 80.3 Å². The maximum atomic E-state index is 13.0. The molecule has 0 radical (unpaired) electrons. The molecule has 2 saturated heterocycles. The largest absolute Gasteiger partial charge is 0.355 e. The maximum Gasteiger partial charge on any atom is 0.243 e. The van der Waals surface area contributed by atoms with Gasteiger partial charge in [0.25, 0.3) is 0 Å². The number of unbranched alkanes of at least 4 members (excludes halogenated alkanes) is 1. The average Bonchev–Trinajstić information content (AvgIpc) is 3.37. The zero-order valence-electron chi connectivity index (χ0n) is 19.8. The first-order chi connectivity index (χ1) is 16.5. The third-order valence-electron chi connectivity index (χ3n) is 6.77. The summed E-state index contributed by atoms with van der Waals surface area (Å²) >= 11 is 0. The molecule has 1 unspecified atom stereocenters. The minimum Gasteiger partial charge on any atom is -0.355 e. The van der Waals surface area contributed by atoms with E-state index >= 15 is 0 Å². The smallest absolute Gasteiger partial charge is 0.243 e. The predicted octanol–water partition coefficient (Wildman–Crippen LogP) is 2.55. The van der Waals surface area contributed by atoms with Gasteiger partial charge in [0.2, 0.25) is 15.9 Å². The fraction of sp³-hybridized carbons (Fsp3) is 0.500. The molecule has 2 aromatic rings. The first-order valence-electron chi connectivity index (χ1n) is 12.4. The Hall–Kier alpha value is -2.26. The van der Waals surface area contributed by atoms with Crippen LogP contribution in [0.15, 0.2) is 65.6 Å². The van der Waals surface area contributed by atoms with Gasteiger partial charge in [-0.25, -0.2) is 8.42 Å². The number of amides is 1. The van der Waals surface area contributed by atoms with Gasteiger partial charge in [-0.15, -0.1) is 0 Å². The fourth-order valence-corrected chi connectivity index (χ4v) is 6.50. The summed E-state index contributed by atoms with van der Waals surface area (Å²) in [4.78, 5) is 18.0. The number of hydrogen-bond donors (Lipinski definition) is 1. The number of carbonyl (C=O) groups is 1. The second-order valence-electron chi connectivity index (χ2n) is 9.19. The van der Waals surface area contributed by atoms with Crippen LogP contribution in [-0.2, 0) is 21.4 Å². The molecule has 1 amide bonds. The second-order valence-corrected chi connectivity index (χ2v) is 11.1. The third-order valence-corrected chi connectivity index (χ3v) is 8.69. The van der Waals surface area contributed by atoms with E-state index in [1.807, 2.05) is 0 Å². The predicted molar refractivity (Wildman–Crippen MR) is 134 cm³/mol. The summed E-state index contributed by atoms with van der Waals surface area (Å²) in [5.41, 5.74) is 1.36. The Bertz CT molecular complexity index is 1010. The van der Waals surface area contributed by atoms with Crippen molar-refractivity contribution in [2.75, 3.05) is 45.8 Å². The molecule has 8 heteroatoms. The topological polar surface area (TPSA) is 73.0 Å². The van der Waals surface area contributed by atoms with Gasteiger partial charge in [0.05, 0.1) is 4.90 Å². The van der Waals surface area contributed by atoms with Crippen LogP contribution < -0.4 is 5.32 Å². The number of hydrogen-bond acceptors (Lipinski definition) is 5. The van der Waals surface area contributed by atoms with Crippen molar-refractivity contribution < 1.29 is 13.2 Å². The highest BCUT2D eigenvalue weighted by Crippen LogP contribution is 2.26. The second kappa shape index (κ2) is 11.9. The van der Waals surface area contributed by atoms with E-state index in [2.05, 4.69) is 45.4 Å². The van der Waals surface area contributed by atoms with Gasteiger partial charge in [0, 0.05) is 45.8 Å². The van der Waals surface area contributed by atoms with Crippen LogP contribution in [0.3, 0.4) is 0 Å². The summed E-state index contributed by atoms with van der Waals surface area (Å²) < 4.78 is 27.3. The Morgan fingerprint density at radius 1 is 0.853 bits per heavy atom. The molecule has 2 heterocycles. The minimum atomic E-state index is -3.65. The summed E-state index contributed by atoms with van der Waals surface area (Å²) in [6.07, 6.45) is 3.20. The maximum absolute atomic E-state index is 13.0. The molecule has 2 fully saturated rings. The van der Waals surface area contributed by atoms with E-state index < -0.39 is 16.1 Å². The number of nitrogens with zero attached hydrogens (tertiary/aromatic N) is 3. The van der Waals surface area contributed by atoms with Crippen molar-refractivity contribution in [1.82, 2.24) is 19.4 Å². The SMILES string of the molecule is O=C(NCCCCN1CCN(Cc2ccccc2)CC1)C1CCCN1S(=O)(=O)c1ccccc1. The van der Waals surface area contributed by atoms with E-state index in [0.29, 0.717) is 25.9 Å². The lowest BCUT2D eigenvalue weighted by atomic mass is 10.2. The molecule has 2 aliphatic heterocycles. The molecule has 0 spiro atoms. The normalized spacial score (nSPS) is 20.4. The minimum absolute atomic E-state index is 0.175. The average molecular weight is 485 g/mol. The first kappa shape index (κ1) is 24.9. The molecular weight excluding hydrogens is 448 g/mol. The van der Waals surface area contributed by atoms with Gasteiger partial charge >= 0.3 is 0 Å². The van der Waals surface area contributed by atoms with E-state index in [-0.39, 0.29) is 10.8 Å². The number of carbonyl (C=O) groups excluding carboxylic acids is 1. The number of sulfonamides is 1. The standard InChI is InChI=1S/C26H36N4O3S/c31-26(25-14-9-17-30(25)34(32,33)24-12-5-2-6-13-24)27-15-7-8-16-28-18-20-29(21-19-28)22-23-10-3-1-4-11-23/h1-6,10-13,25H,7-9,14-22H2,(H,27,31). The van der Waals surface area contributed by atoms with E-state index in [9.17, 15) is 13.2 Å².